The zero-order valence-electron chi connectivity index (χ0n) is 12.9. The monoisotopic (exact) mass is 328 g/mol. The maximum absolute atomic E-state index is 11.8. The Kier molecular flexibility index (Phi) is 5.96. The molecule has 1 aliphatic rings. The summed E-state index contributed by atoms with van der Waals surface area (Å²) < 4.78 is 26.4. The first kappa shape index (κ1) is 17.0. The molecule has 2 heterocycles. The van der Waals surface area contributed by atoms with Gasteiger partial charge in [-0.15, -0.1) is 0 Å². The summed E-state index contributed by atoms with van der Waals surface area (Å²) >= 11 is 0. The quantitative estimate of drug-likeness (QED) is 0.788. The average Bonchev–Trinajstić information content (AvgIpc) is 2.98. The van der Waals surface area contributed by atoms with Crippen molar-refractivity contribution >= 4 is 15.9 Å². The lowest BCUT2D eigenvalue weighted by Crippen LogP contribution is -2.43. The summed E-state index contributed by atoms with van der Waals surface area (Å²) in [7, 11) is -3.13. The van der Waals surface area contributed by atoms with Crippen LogP contribution in [0.25, 0.3) is 0 Å². The highest BCUT2D eigenvalue weighted by atomic mass is 32.2. The third-order valence-corrected chi connectivity index (χ3v) is 5.16. The predicted octanol–water partition coefficient (Wildman–Crippen LogP) is 0.451. The van der Waals surface area contributed by atoms with Crippen LogP contribution in [0, 0.1) is 5.92 Å². The number of aryl methyl sites for hydroxylation is 1. The molecule has 1 N–H and O–H groups in total. The molecule has 1 aromatic rings. The molecule has 1 amide bonds. The molecule has 1 fully saturated rings. The van der Waals surface area contributed by atoms with Gasteiger partial charge in [0.25, 0.3) is 0 Å². The Bertz CT molecular complexity index is 571. The smallest absolute Gasteiger partial charge is 0.220 e. The first-order valence-corrected chi connectivity index (χ1v) is 9.49. The first-order valence-electron chi connectivity index (χ1n) is 7.64. The fourth-order valence-electron chi connectivity index (χ4n) is 2.68. The van der Waals surface area contributed by atoms with E-state index in [9.17, 15) is 13.2 Å². The van der Waals surface area contributed by atoms with Crippen LogP contribution in [0.5, 0.6) is 0 Å². The Hall–Kier alpha value is -1.41. The number of sulfonamides is 1. The van der Waals surface area contributed by atoms with Crippen molar-refractivity contribution in [2.75, 3.05) is 25.9 Å². The molecular formula is C14H24N4O3S. The molecule has 124 valence electrons. The molecule has 2 rings (SSSR count). The highest BCUT2D eigenvalue weighted by Crippen LogP contribution is 2.17. The van der Waals surface area contributed by atoms with E-state index in [1.165, 1.54) is 10.6 Å². The van der Waals surface area contributed by atoms with Gasteiger partial charge in [0.2, 0.25) is 15.9 Å². The number of hydrogen-bond acceptors (Lipinski definition) is 4. The van der Waals surface area contributed by atoms with Crippen molar-refractivity contribution in [2.24, 2.45) is 5.92 Å². The van der Waals surface area contributed by atoms with Gasteiger partial charge in [0.15, 0.2) is 0 Å². The Morgan fingerprint density at radius 3 is 2.95 bits per heavy atom. The molecule has 0 radical (unpaired) electrons. The fraction of sp³-hybridized carbons (Fsp3) is 0.714. The number of nitrogens with one attached hydrogen (secondary N) is 1. The minimum absolute atomic E-state index is 0.0173. The molecule has 1 aliphatic heterocycles. The summed E-state index contributed by atoms with van der Waals surface area (Å²) in [6.07, 6.45) is 7.85. The van der Waals surface area contributed by atoms with E-state index in [0.717, 1.165) is 25.8 Å². The van der Waals surface area contributed by atoms with E-state index < -0.39 is 10.0 Å². The Labute approximate surface area is 131 Å². The topological polar surface area (TPSA) is 84.3 Å². The lowest BCUT2D eigenvalue weighted by Gasteiger charge is -2.30. The van der Waals surface area contributed by atoms with Crippen molar-refractivity contribution in [1.82, 2.24) is 19.4 Å². The molecule has 8 heteroatoms. The van der Waals surface area contributed by atoms with Crippen LogP contribution < -0.4 is 5.32 Å². The number of piperidine rings is 1. The summed E-state index contributed by atoms with van der Waals surface area (Å²) in [5.74, 6) is 0.224. The summed E-state index contributed by atoms with van der Waals surface area (Å²) in [4.78, 5) is 11.8. The van der Waals surface area contributed by atoms with E-state index in [0.29, 0.717) is 26.1 Å². The maximum Gasteiger partial charge on any atom is 0.220 e. The van der Waals surface area contributed by atoms with Crippen LogP contribution in [0.3, 0.4) is 0 Å². The van der Waals surface area contributed by atoms with Gasteiger partial charge < -0.3 is 5.32 Å². The molecule has 22 heavy (non-hydrogen) atoms. The van der Waals surface area contributed by atoms with Gasteiger partial charge in [0.05, 0.1) is 6.26 Å². The second-order valence-electron chi connectivity index (χ2n) is 5.81. The second-order valence-corrected chi connectivity index (χ2v) is 7.79. The lowest BCUT2D eigenvalue weighted by atomic mass is 10.00. The average molecular weight is 328 g/mol. The van der Waals surface area contributed by atoms with Crippen molar-refractivity contribution in [2.45, 2.75) is 32.2 Å². The van der Waals surface area contributed by atoms with Crippen LogP contribution in [0.4, 0.5) is 0 Å². The molecular weight excluding hydrogens is 304 g/mol. The third kappa shape index (κ3) is 5.42. The number of carbonyl (C=O) groups is 1. The molecule has 0 aromatic carbocycles. The molecule has 0 aliphatic carbocycles. The van der Waals surface area contributed by atoms with Crippen LogP contribution in [0.1, 0.15) is 25.7 Å². The predicted molar refractivity (Wildman–Crippen MR) is 83.6 cm³/mol. The van der Waals surface area contributed by atoms with Gasteiger partial charge in [-0.2, -0.15) is 5.10 Å². The van der Waals surface area contributed by atoms with E-state index in [1.807, 2.05) is 12.3 Å². The summed E-state index contributed by atoms with van der Waals surface area (Å²) in [5.41, 5.74) is 0. The molecule has 0 spiro atoms. The molecule has 0 unspecified atom stereocenters. The van der Waals surface area contributed by atoms with E-state index in [4.69, 9.17) is 0 Å². The molecule has 1 saturated heterocycles. The zero-order valence-corrected chi connectivity index (χ0v) is 13.8. The standard InChI is InChI=1S/C14H24N4O3S/c1-22(20,21)18-10-2-5-13(12-18)11-15-14(19)6-3-8-17-9-4-7-16-17/h4,7,9,13H,2-3,5-6,8,10-12H2,1H3,(H,15,19)/t13-/m0/s1. The molecule has 1 aromatic heterocycles. The van der Waals surface area contributed by atoms with Gasteiger partial charge in [0, 0.05) is 45.0 Å². The maximum atomic E-state index is 11.8. The number of nitrogens with zero attached hydrogens (tertiary/aromatic N) is 3. The third-order valence-electron chi connectivity index (χ3n) is 3.89. The van der Waals surface area contributed by atoms with Gasteiger partial charge in [-0.05, 0) is 31.2 Å². The number of hydrogen-bond donors (Lipinski definition) is 1. The van der Waals surface area contributed by atoms with Crippen LogP contribution in [0.15, 0.2) is 18.5 Å². The number of amides is 1. The first-order chi connectivity index (χ1) is 10.4. The minimum Gasteiger partial charge on any atom is -0.356 e. The van der Waals surface area contributed by atoms with E-state index in [1.54, 1.807) is 10.9 Å². The van der Waals surface area contributed by atoms with Crippen molar-refractivity contribution in [3.8, 4) is 0 Å². The Balaban J connectivity index is 1.65. The van der Waals surface area contributed by atoms with Gasteiger partial charge in [-0.1, -0.05) is 0 Å². The molecule has 0 saturated carbocycles. The second kappa shape index (κ2) is 7.73. The lowest BCUT2D eigenvalue weighted by molar-refractivity contribution is -0.121. The van der Waals surface area contributed by atoms with Crippen LogP contribution >= 0.6 is 0 Å². The molecule has 7 nitrogen and oxygen atoms in total. The highest BCUT2D eigenvalue weighted by molar-refractivity contribution is 7.88. The van der Waals surface area contributed by atoms with Crippen LogP contribution in [0.2, 0.25) is 0 Å². The number of carbonyl (C=O) groups excluding carboxylic acids is 1. The summed E-state index contributed by atoms with van der Waals surface area (Å²) in [6.45, 7) is 2.37. The fourth-order valence-corrected chi connectivity index (χ4v) is 3.62. The van der Waals surface area contributed by atoms with E-state index in [2.05, 4.69) is 10.4 Å². The Morgan fingerprint density at radius 2 is 2.27 bits per heavy atom. The molecule has 1 atom stereocenters. The summed E-state index contributed by atoms with van der Waals surface area (Å²) in [5, 5.41) is 7.00. The van der Waals surface area contributed by atoms with E-state index >= 15 is 0 Å². The van der Waals surface area contributed by atoms with Gasteiger partial charge >= 0.3 is 0 Å². The van der Waals surface area contributed by atoms with Gasteiger partial charge in [-0.25, -0.2) is 12.7 Å². The van der Waals surface area contributed by atoms with Crippen molar-refractivity contribution in [3.05, 3.63) is 18.5 Å². The normalized spacial score (nSPS) is 20.0. The van der Waals surface area contributed by atoms with Crippen LogP contribution in [-0.4, -0.2) is 54.3 Å². The van der Waals surface area contributed by atoms with Gasteiger partial charge in [0.1, 0.15) is 0 Å². The van der Waals surface area contributed by atoms with Crippen molar-refractivity contribution in [3.63, 3.8) is 0 Å². The zero-order chi connectivity index (χ0) is 16.0. The number of rotatable bonds is 7. The van der Waals surface area contributed by atoms with Gasteiger partial charge in [-0.3, -0.25) is 9.48 Å². The van der Waals surface area contributed by atoms with Crippen molar-refractivity contribution in [1.29, 1.82) is 0 Å². The molecule has 0 bridgehead atoms. The summed E-state index contributed by atoms with van der Waals surface area (Å²) in [6, 6.07) is 1.86. The number of aromatic nitrogens is 2. The highest BCUT2D eigenvalue weighted by Gasteiger charge is 2.25. The van der Waals surface area contributed by atoms with Crippen LogP contribution in [-0.2, 0) is 21.4 Å². The van der Waals surface area contributed by atoms with E-state index in [-0.39, 0.29) is 11.8 Å². The van der Waals surface area contributed by atoms with Crippen molar-refractivity contribution < 1.29 is 13.2 Å². The minimum atomic E-state index is -3.13. The SMILES string of the molecule is CS(=O)(=O)N1CCC[C@@H](CNC(=O)CCCn2cccn2)C1. The largest absolute Gasteiger partial charge is 0.356 e. The Morgan fingerprint density at radius 1 is 1.45 bits per heavy atom.